The van der Waals surface area contributed by atoms with Crippen molar-refractivity contribution >= 4 is 17.6 Å². The van der Waals surface area contributed by atoms with Gasteiger partial charge in [0.05, 0.1) is 5.69 Å². The van der Waals surface area contributed by atoms with Crippen molar-refractivity contribution in [1.82, 2.24) is 9.97 Å². The van der Waals surface area contributed by atoms with E-state index in [-0.39, 0.29) is 5.82 Å². The van der Waals surface area contributed by atoms with Crippen LogP contribution >= 0.6 is 11.8 Å². The summed E-state index contributed by atoms with van der Waals surface area (Å²) in [4.78, 5) is 8.01. The van der Waals surface area contributed by atoms with Crippen LogP contribution in [0.5, 0.6) is 0 Å². The van der Waals surface area contributed by atoms with E-state index >= 15 is 0 Å². The maximum atomic E-state index is 13.0. The molecule has 0 atom stereocenters. The molecular formula is C8H10FN3S. The molecule has 2 rings (SSSR count). The predicted molar refractivity (Wildman–Crippen MR) is 51.2 cm³/mol. The van der Waals surface area contributed by atoms with E-state index in [1.165, 1.54) is 0 Å². The second-order valence-corrected chi connectivity index (χ2v) is 4.18. The zero-order valence-electron chi connectivity index (χ0n) is 7.25. The lowest BCUT2D eigenvalue weighted by atomic mass is 10.2. The lowest BCUT2D eigenvalue weighted by molar-refractivity contribution is 0.597. The number of nitrogen functional groups attached to an aromatic ring is 1. The molecule has 0 saturated carbocycles. The highest BCUT2D eigenvalue weighted by Gasteiger charge is 2.24. The molecule has 70 valence electrons. The SMILES string of the molecule is Cc1nc(C2CSC2)nc(N)c1F. The second-order valence-electron chi connectivity index (χ2n) is 3.10. The summed E-state index contributed by atoms with van der Waals surface area (Å²) < 4.78 is 13.0. The normalized spacial score (nSPS) is 17.1. The van der Waals surface area contributed by atoms with Gasteiger partial charge in [0.1, 0.15) is 5.82 Å². The molecule has 1 fully saturated rings. The number of hydrogen-bond acceptors (Lipinski definition) is 4. The van der Waals surface area contributed by atoms with E-state index in [0.29, 0.717) is 17.4 Å². The molecule has 13 heavy (non-hydrogen) atoms. The van der Waals surface area contributed by atoms with Crippen LogP contribution in [0.3, 0.4) is 0 Å². The molecule has 0 amide bonds. The fourth-order valence-corrected chi connectivity index (χ4v) is 1.94. The van der Waals surface area contributed by atoms with E-state index in [9.17, 15) is 4.39 Å². The molecule has 2 N–H and O–H groups in total. The number of aromatic nitrogens is 2. The summed E-state index contributed by atoms with van der Waals surface area (Å²) >= 11 is 1.84. The van der Waals surface area contributed by atoms with Gasteiger partial charge in [0.2, 0.25) is 0 Å². The molecule has 3 nitrogen and oxygen atoms in total. The highest BCUT2D eigenvalue weighted by Crippen LogP contribution is 2.32. The number of anilines is 1. The van der Waals surface area contributed by atoms with Crippen LogP contribution in [0.1, 0.15) is 17.4 Å². The Labute approximate surface area is 80.0 Å². The van der Waals surface area contributed by atoms with Crippen molar-refractivity contribution in [2.75, 3.05) is 17.2 Å². The molecule has 1 aromatic heterocycles. The van der Waals surface area contributed by atoms with Crippen LogP contribution in [0.15, 0.2) is 0 Å². The van der Waals surface area contributed by atoms with Gasteiger partial charge in [0, 0.05) is 17.4 Å². The van der Waals surface area contributed by atoms with E-state index < -0.39 is 5.82 Å². The molecule has 1 aromatic rings. The van der Waals surface area contributed by atoms with Crippen LogP contribution in [-0.4, -0.2) is 21.5 Å². The molecule has 2 heterocycles. The Morgan fingerprint density at radius 3 is 2.62 bits per heavy atom. The summed E-state index contributed by atoms with van der Waals surface area (Å²) in [5, 5.41) is 0. The Hall–Kier alpha value is -0.840. The first-order chi connectivity index (χ1) is 6.18. The van der Waals surface area contributed by atoms with Crippen LogP contribution in [-0.2, 0) is 0 Å². The van der Waals surface area contributed by atoms with E-state index in [2.05, 4.69) is 9.97 Å². The van der Waals surface area contributed by atoms with Gasteiger partial charge in [0.15, 0.2) is 11.6 Å². The zero-order chi connectivity index (χ0) is 9.42. The maximum Gasteiger partial charge on any atom is 0.186 e. The molecule has 0 radical (unpaired) electrons. The van der Waals surface area contributed by atoms with Crippen LogP contribution in [0.4, 0.5) is 10.2 Å². The number of halogens is 1. The molecule has 0 bridgehead atoms. The highest BCUT2D eigenvalue weighted by atomic mass is 32.2. The van der Waals surface area contributed by atoms with Crippen molar-refractivity contribution in [3.8, 4) is 0 Å². The van der Waals surface area contributed by atoms with Crippen molar-refractivity contribution < 1.29 is 4.39 Å². The number of hydrogen-bond donors (Lipinski definition) is 1. The van der Waals surface area contributed by atoms with Crippen molar-refractivity contribution in [1.29, 1.82) is 0 Å². The summed E-state index contributed by atoms with van der Waals surface area (Å²) in [6, 6.07) is 0. The van der Waals surface area contributed by atoms with E-state index in [1.807, 2.05) is 11.8 Å². The summed E-state index contributed by atoms with van der Waals surface area (Å²) in [5.74, 6) is 2.58. The van der Waals surface area contributed by atoms with Crippen molar-refractivity contribution in [2.24, 2.45) is 0 Å². The lowest BCUT2D eigenvalue weighted by Gasteiger charge is -2.23. The molecule has 0 aromatic carbocycles. The first kappa shape index (κ1) is 8.74. The maximum absolute atomic E-state index is 13.0. The predicted octanol–water partition coefficient (Wildman–Crippen LogP) is 1.34. The summed E-state index contributed by atoms with van der Waals surface area (Å²) in [6.07, 6.45) is 0. The minimum atomic E-state index is -0.490. The largest absolute Gasteiger partial charge is 0.381 e. The van der Waals surface area contributed by atoms with Gasteiger partial charge in [-0.25, -0.2) is 14.4 Å². The van der Waals surface area contributed by atoms with Crippen molar-refractivity contribution in [3.63, 3.8) is 0 Å². The van der Waals surface area contributed by atoms with Gasteiger partial charge in [-0.2, -0.15) is 11.8 Å². The third-order valence-corrected chi connectivity index (χ3v) is 3.34. The van der Waals surface area contributed by atoms with E-state index in [4.69, 9.17) is 5.73 Å². The van der Waals surface area contributed by atoms with Crippen molar-refractivity contribution in [3.05, 3.63) is 17.3 Å². The Kier molecular flexibility index (Phi) is 2.11. The third-order valence-electron chi connectivity index (χ3n) is 2.06. The second kappa shape index (κ2) is 3.14. The minimum absolute atomic E-state index is 0.0283. The minimum Gasteiger partial charge on any atom is -0.381 e. The molecule has 1 aliphatic rings. The molecule has 5 heteroatoms. The fraction of sp³-hybridized carbons (Fsp3) is 0.500. The smallest absolute Gasteiger partial charge is 0.186 e. The van der Waals surface area contributed by atoms with Gasteiger partial charge in [-0.05, 0) is 6.92 Å². The Bertz CT molecular complexity index is 315. The topological polar surface area (TPSA) is 51.8 Å². The first-order valence-corrected chi connectivity index (χ1v) is 5.21. The van der Waals surface area contributed by atoms with Crippen LogP contribution < -0.4 is 5.73 Å². The van der Waals surface area contributed by atoms with Crippen molar-refractivity contribution in [2.45, 2.75) is 12.8 Å². The average molecular weight is 199 g/mol. The third kappa shape index (κ3) is 1.48. The fourth-order valence-electron chi connectivity index (χ4n) is 1.17. The monoisotopic (exact) mass is 199 g/mol. The highest BCUT2D eigenvalue weighted by molar-refractivity contribution is 8.00. The van der Waals surface area contributed by atoms with E-state index in [1.54, 1.807) is 6.92 Å². The number of aryl methyl sites for hydroxylation is 1. The summed E-state index contributed by atoms with van der Waals surface area (Å²) in [5.41, 5.74) is 5.75. The first-order valence-electron chi connectivity index (χ1n) is 4.05. The number of nitrogens with two attached hydrogens (primary N) is 1. The average Bonchev–Trinajstić information content (AvgIpc) is 1.96. The van der Waals surface area contributed by atoms with Crippen LogP contribution in [0.25, 0.3) is 0 Å². The van der Waals surface area contributed by atoms with Gasteiger partial charge in [0.25, 0.3) is 0 Å². The molecule has 0 spiro atoms. The van der Waals surface area contributed by atoms with Gasteiger partial charge in [-0.1, -0.05) is 0 Å². The zero-order valence-corrected chi connectivity index (χ0v) is 8.07. The van der Waals surface area contributed by atoms with Gasteiger partial charge >= 0.3 is 0 Å². The lowest BCUT2D eigenvalue weighted by Crippen LogP contribution is -2.20. The molecule has 0 unspecified atom stereocenters. The molecule has 0 aliphatic carbocycles. The van der Waals surface area contributed by atoms with Gasteiger partial charge < -0.3 is 5.73 Å². The summed E-state index contributed by atoms with van der Waals surface area (Å²) in [7, 11) is 0. The number of thioether (sulfide) groups is 1. The van der Waals surface area contributed by atoms with Gasteiger partial charge in [-0.3, -0.25) is 0 Å². The Morgan fingerprint density at radius 1 is 1.46 bits per heavy atom. The summed E-state index contributed by atoms with van der Waals surface area (Å²) in [6.45, 7) is 1.61. The quantitative estimate of drug-likeness (QED) is 0.741. The number of rotatable bonds is 1. The number of nitrogens with zero attached hydrogens (tertiary/aromatic N) is 2. The van der Waals surface area contributed by atoms with Crippen LogP contribution in [0.2, 0.25) is 0 Å². The van der Waals surface area contributed by atoms with Gasteiger partial charge in [-0.15, -0.1) is 0 Å². The Balaban J connectivity index is 2.37. The molecule has 1 saturated heterocycles. The van der Waals surface area contributed by atoms with Crippen LogP contribution in [0, 0.1) is 12.7 Å². The Morgan fingerprint density at radius 2 is 2.15 bits per heavy atom. The molecular weight excluding hydrogens is 189 g/mol. The standard InChI is InChI=1S/C8H10FN3S/c1-4-6(9)7(10)12-8(11-4)5-2-13-3-5/h5H,2-3H2,1H3,(H2,10,11,12). The van der Waals surface area contributed by atoms with E-state index in [0.717, 1.165) is 11.5 Å². The molecule has 1 aliphatic heterocycles.